The van der Waals surface area contributed by atoms with Gasteiger partial charge in [0.1, 0.15) is 0 Å². The quantitative estimate of drug-likeness (QED) is 0.784. The Morgan fingerprint density at radius 1 is 1.40 bits per heavy atom. The fraction of sp³-hybridized carbons (Fsp3) is 0.467. The first kappa shape index (κ1) is 16.4. The van der Waals surface area contributed by atoms with Crippen LogP contribution in [0.3, 0.4) is 0 Å². The summed E-state index contributed by atoms with van der Waals surface area (Å²) in [5.41, 5.74) is 0.933. The lowest BCUT2D eigenvalue weighted by molar-refractivity contribution is -0.131. The number of amides is 1. The van der Waals surface area contributed by atoms with Crippen LogP contribution in [0.2, 0.25) is 0 Å². The summed E-state index contributed by atoms with van der Waals surface area (Å²) in [4.78, 5) is 26.2. The first-order valence-corrected chi connectivity index (χ1v) is 7.61. The van der Waals surface area contributed by atoms with Gasteiger partial charge < -0.3 is 10.0 Å². The largest absolute Gasteiger partial charge is 0.478 e. The molecule has 0 saturated heterocycles. The van der Waals surface area contributed by atoms with Gasteiger partial charge in [-0.05, 0) is 38.0 Å². The molecule has 0 unspecified atom stereocenters. The van der Waals surface area contributed by atoms with Gasteiger partial charge in [0.2, 0.25) is 0 Å². The van der Waals surface area contributed by atoms with Crippen LogP contribution in [0.1, 0.15) is 46.8 Å². The number of unbranched alkanes of at least 4 members (excludes halogenated alkanes) is 1. The Labute approximate surface area is 123 Å². The van der Waals surface area contributed by atoms with E-state index in [9.17, 15) is 9.59 Å². The fourth-order valence-corrected chi connectivity index (χ4v) is 2.87. The van der Waals surface area contributed by atoms with Crippen molar-refractivity contribution >= 4 is 29.3 Å². The molecular weight excluding hydrogens is 274 g/mol. The zero-order valence-electron chi connectivity index (χ0n) is 12.2. The van der Waals surface area contributed by atoms with Crippen molar-refractivity contribution in [3.63, 3.8) is 0 Å². The smallest absolute Gasteiger partial charge is 0.328 e. The van der Waals surface area contributed by atoms with Gasteiger partial charge in [0.15, 0.2) is 0 Å². The molecule has 1 aromatic rings. The molecular formula is C15H21NO3S. The Bertz CT molecular complexity index is 505. The summed E-state index contributed by atoms with van der Waals surface area (Å²) in [6.07, 6.45) is 4.69. The molecule has 1 N–H and O–H groups in total. The first-order chi connectivity index (χ1) is 9.49. The van der Waals surface area contributed by atoms with E-state index >= 15 is 0 Å². The molecule has 0 radical (unpaired) electrons. The van der Waals surface area contributed by atoms with Crippen LogP contribution in [0.25, 0.3) is 6.08 Å². The summed E-state index contributed by atoms with van der Waals surface area (Å²) in [6, 6.07) is 1.84. The predicted octanol–water partition coefficient (Wildman–Crippen LogP) is 3.42. The lowest BCUT2D eigenvalue weighted by Crippen LogP contribution is -2.31. The predicted molar refractivity (Wildman–Crippen MR) is 82.2 cm³/mol. The third-order valence-corrected chi connectivity index (χ3v) is 4.19. The zero-order chi connectivity index (χ0) is 15.1. The fourth-order valence-electron chi connectivity index (χ4n) is 1.82. The number of hydrogen-bond acceptors (Lipinski definition) is 3. The molecule has 5 heteroatoms. The Kier molecular flexibility index (Phi) is 6.45. The van der Waals surface area contributed by atoms with Crippen LogP contribution >= 0.6 is 11.3 Å². The first-order valence-electron chi connectivity index (χ1n) is 6.80. The molecule has 1 amide bonds. The second-order valence-corrected chi connectivity index (χ2v) is 5.65. The van der Waals surface area contributed by atoms with E-state index in [1.165, 1.54) is 11.3 Å². The Balaban J connectivity index is 2.88. The number of aliphatic carboxylic acids is 1. The number of carbonyl (C=O) groups is 2. The second-order valence-electron chi connectivity index (χ2n) is 4.57. The summed E-state index contributed by atoms with van der Waals surface area (Å²) in [5.74, 6) is -0.951. The summed E-state index contributed by atoms with van der Waals surface area (Å²) >= 11 is 1.35. The van der Waals surface area contributed by atoms with Gasteiger partial charge in [-0.25, -0.2) is 4.79 Å². The van der Waals surface area contributed by atoms with E-state index in [1.807, 2.05) is 24.8 Å². The molecule has 0 aliphatic heterocycles. The molecule has 0 fully saturated rings. The van der Waals surface area contributed by atoms with Gasteiger partial charge in [0.05, 0.1) is 4.88 Å². The van der Waals surface area contributed by atoms with E-state index in [0.29, 0.717) is 11.4 Å². The number of carboxylic acids is 1. The molecule has 1 heterocycles. The maximum Gasteiger partial charge on any atom is 0.328 e. The van der Waals surface area contributed by atoms with Crippen LogP contribution < -0.4 is 0 Å². The van der Waals surface area contributed by atoms with Gasteiger partial charge in [-0.3, -0.25) is 4.79 Å². The van der Waals surface area contributed by atoms with E-state index in [4.69, 9.17) is 5.11 Å². The molecule has 0 saturated carbocycles. The average Bonchev–Trinajstić information content (AvgIpc) is 2.78. The Morgan fingerprint density at radius 3 is 2.65 bits per heavy atom. The zero-order valence-corrected chi connectivity index (χ0v) is 13.0. The van der Waals surface area contributed by atoms with Gasteiger partial charge in [0, 0.05) is 24.0 Å². The van der Waals surface area contributed by atoms with Crippen molar-refractivity contribution in [1.29, 1.82) is 0 Å². The van der Waals surface area contributed by atoms with E-state index < -0.39 is 5.97 Å². The van der Waals surface area contributed by atoms with Crippen LogP contribution in [-0.2, 0) is 4.79 Å². The lowest BCUT2D eigenvalue weighted by atomic mass is 10.2. The molecule has 4 nitrogen and oxygen atoms in total. The van der Waals surface area contributed by atoms with Crippen molar-refractivity contribution in [2.24, 2.45) is 0 Å². The monoisotopic (exact) mass is 295 g/mol. The molecule has 0 aliphatic rings. The topological polar surface area (TPSA) is 57.6 Å². The molecule has 110 valence electrons. The van der Waals surface area contributed by atoms with Crippen molar-refractivity contribution in [3.8, 4) is 0 Å². The lowest BCUT2D eigenvalue weighted by Gasteiger charge is -2.19. The standard InChI is InChI=1S/C15H21NO3S/c1-4-6-9-16(5-2)15(19)13-10-11(3)12(20-13)7-8-14(17)18/h7-8,10H,4-6,9H2,1-3H3,(H,17,18)/b8-7+. The van der Waals surface area contributed by atoms with E-state index in [-0.39, 0.29) is 5.91 Å². The average molecular weight is 295 g/mol. The van der Waals surface area contributed by atoms with E-state index in [0.717, 1.165) is 35.9 Å². The Hall–Kier alpha value is -1.62. The number of rotatable bonds is 7. The van der Waals surface area contributed by atoms with Crippen molar-refractivity contribution in [2.45, 2.75) is 33.6 Å². The highest BCUT2D eigenvalue weighted by molar-refractivity contribution is 7.15. The third-order valence-electron chi connectivity index (χ3n) is 2.99. The highest BCUT2D eigenvalue weighted by Gasteiger charge is 2.17. The molecule has 0 atom stereocenters. The summed E-state index contributed by atoms with van der Waals surface area (Å²) in [5, 5.41) is 8.65. The summed E-state index contributed by atoms with van der Waals surface area (Å²) in [7, 11) is 0. The molecule has 0 aliphatic carbocycles. The van der Waals surface area contributed by atoms with Crippen LogP contribution in [-0.4, -0.2) is 35.0 Å². The molecule has 1 rings (SSSR count). The molecule has 0 spiro atoms. The number of thiophene rings is 1. The molecule has 0 bridgehead atoms. The van der Waals surface area contributed by atoms with Crippen LogP contribution in [0, 0.1) is 6.92 Å². The van der Waals surface area contributed by atoms with Gasteiger partial charge >= 0.3 is 5.97 Å². The summed E-state index contributed by atoms with van der Waals surface area (Å²) in [6.45, 7) is 7.41. The summed E-state index contributed by atoms with van der Waals surface area (Å²) < 4.78 is 0. The van der Waals surface area contributed by atoms with Gasteiger partial charge in [0.25, 0.3) is 5.91 Å². The minimum Gasteiger partial charge on any atom is -0.478 e. The SMILES string of the molecule is CCCCN(CC)C(=O)c1cc(C)c(/C=C/C(=O)O)s1. The number of aryl methyl sites for hydroxylation is 1. The van der Waals surface area contributed by atoms with Crippen molar-refractivity contribution in [3.05, 3.63) is 27.5 Å². The van der Waals surface area contributed by atoms with Gasteiger partial charge in [-0.15, -0.1) is 11.3 Å². The highest BCUT2D eigenvalue weighted by Crippen LogP contribution is 2.24. The number of hydrogen-bond donors (Lipinski definition) is 1. The maximum absolute atomic E-state index is 12.4. The minimum absolute atomic E-state index is 0.0315. The second kappa shape index (κ2) is 7.85. The van der Waals surface area contributed by atoms with Crippen LogP contribution in [0.4, 0.5) is 0 Å². The van der Waals surface area contributed by atoms with Crippen molar-refractivity contribution in [1.82, 2.24) is 4.90 Å². The maximum atomic E-state index is 12.4. The number of carbonyl (C=O) groups excluding carboxylic acids is 1. The molecule has 1 aromatic heterocycles. The van der Waals surface area contributed by atoms with Crippen molar-refractivity contribution < 1.29 is 14.7 Å². The van der Waals surface area contributed by atoms with E-state index in [2.05, 4.69) is 6.92 Å². The van der Waals surface area contributed by atoms with E-state index in [1.54, 1.807) is 6.08 Å². The highest BCUT2D eigenvalue weighted by atomic mass is 32.1. The molecule has 20 heavy (non-hydrogen) atoms. The number of nitrogens with zero attached hydrogens (tertiary/aromatic N) is 1. The van der Waals surface area contributed by atoms with Crippen LogP contribution in [0.5, 0.6) is 0 Å². The normalized spacial score (nSPS) is 10.9. The molecule has 0 aromatic carbocycles. The van der Waals surface area contributed by atoms with Crippen molar-refractivity contribution in [2.75, 3.05) is 13.1 Å². The van der Waals surface area contributed by atoms with Gasteiger partial charge in [-0.1, -0.05) is 13.3 Å². The minimum atomic E-state index is -0.983. The van der Waals surface area contributed by atoms with Crippen LogP contribution in [0.15, 0.2) is 12.1 Å². The number of carboxylic acid groups (broad SMARTS) is 1. The third kappa shape index (κ3) is 4.49. The van der Waals surface area contributed by atoms with Gasteiger partial charge in [-0.2, -0.15) is 0 Å². The Morgan fingerprint density at radius 2 is 2.10 bits per heavy atom.